The van der Waals surface area contributed by atoms with Crippen LogP contribution in [0.2, 0.25) is 0 Å². The summed E-state index contributed by atoms with van der Waals surface area (Å²) >= 11 is 0. The molecule has 0 bridgehead atoms. The SMILES string of the molecule is CCOC(=O)CCC(=O)NC(Cc1ccccc1)C(=O)O. The van der Waals surface area contributed by atoms with E-state index < -0.39 is 23.9 Å². The minimum atomic E-state index is -1.11. The zero-order valence-electron chi connectivity index (χ0n) is 11.9. The summed E-state index contributed by atoms with van der Waals surface area (Å²) in [7, 11) is 0. The molecule has 0 saturated carbocycles. The number of carboxylic acids is 1. The summed E-state index contributed by atoms with van der Waals surface area (Å²) < 4.78 is 4.71. The number of benzene rings is 1. The third-order valence-corrected chi connectivity index (χ3v) is 2.78. The normalized spacial score (nSPS) is 11.5. The lowest BCUT2D eigenvalue weighted by Gasteiger charge is -2.14. The van der Waals surface area contributed by atoms with Gasteiger partial charge >= 0.3 is 11.9 Å². The van der Waals surface area contributed by atoms with E-state index in [1.165, 1.54) is 0 Å². The fourth-order valence-electron chi connectivity index (χ4n) is 1.77. The summed E-state index contributed by atoms with van der Waals surface area (Å²) in [5.74, 6) is -2.06. The Morgan fingerprint density at radius 3 is 2.43 bits per heavy atom. The highest BCUT2D eigenvalue weighted by atomic mass is 16.5. The number of hydrogen-bond donors (Lipinski definition) is 2. The summed E-state index contributed by atoms with van der Waals surface area (Å²) in [5.41, 5.74) is 0.815. The first-order valence-corrected chi connectivity index (χ1v) is 6.74. The summed E-state index contributed by atoms with van der Waals surface area (Å²) in [6.45, 7) is 1.94. The summed E-state index contributed by atoms with van der Waals surface area (Å²) in [6.07, 6.45) is 0.0517. The highest BCUT2D eigenvalue weighted by Gasteiger charge is 2.20. The number of hydrogen-bond acceptors (Lipinski definition) is 4. The largest absolute Gasteiger partial charge is 0.480 e. The predicted octanol–water partition coefficient (Wildman–Crippen LogP) is 1.14. The molecule has 0 radical (unpaired) electrons. The van der Waals surface area contributed by atoms with Gasteiger partial charge in [0.2, 0.25) is 5.91 Å². The van der Waals surface area contributed by atoms with Gasteiger partial charge in [0.15, 0.2) is 0 Å². The van der Waals surface area contributed by atoms with Crippen LogP contribution in [-0.2, 0) is 25.5 Å². The average Bonchev–Trinajstić information content (AvgIpc) is 2.46. The third kappa shape index (κ3) is 6.56. The maximum atomic E-state index is 11.7. The number of aliphatic carboxylic acids is 1. The van der Waals surface area contributed by atoms with Crippen LogP contribution in [0.3, 0.4) is 0 Å². The molecule has 1 unspecified atom stereocenters. The van der Waals surface area contributed by atoms with E-state index in [9.17, 15) is 14.4 Å². The number of carboxylic acid groups (broad SMARTS) is 1. The molecule has 1 rings (SSSR count). The molecule has 0 heterocycles. The van der Waals surface area contributed by atoms with E-state index in [2.05, 4.69) is 5.32 Å². The molecule has 0 aromatic heterocycles. The monoisotopic (exact) mass is 293 g/mol. The van der Waals surface area contributed by atoms with Crippen molar-refractivity contribution in [1.82, 2.24) is 5.32 Å². The van der Waals surface area contributed by atoms with Gasteiger partial charge in [0.05, 0.1) is 13.0 Å². The Bertz CT molecular complexity index is 486. The Hall–Kier alpha value is -2.37. The molecule has 6 nitrogen and oxygen atoms in total. The molecule has 1 atom stereocenters. The number of carbonyl (C=O) groups is 3. The van der Waals surface area contributed by atoms with Crippen LogP contribution in [0.1, 0.15) is 25.3 Å². The van der Waals surface area contributed by atoms with Gasteiger partial charge in [0.1, 0.15) is 6.04 Å². The molecule has 2 N–H and O–H groups in total. The standard InChI is InChI=1S/C15H19NO5/c1-2-21-14(18)9-8-13(17)16-12(15(19)20)10-11-6-4-3-5-7-11/h3-7,12H,2,8-10H2,1H3,(H,16,17)(H,19,20). The van der Waals surface area contributed by atoms with E-state index in [4.69, 9.17) is 9.84 Å². The Kier molecular flexibility index (Phi) is 6.94. The molecule has 0 aliphatic heterocycles. The van der Waals surface area contributed by atoms with Gasteiger partial charge < -0.3 is 15.2 Å². The smallest absolute Gasteiger partial charge is 0.326 e. The Balaban J connectivity index is 2.49. The number of ether oxygens (including phenoxy) is 1. The molecular formula is C15H19NO5. The second-order valence-corrected chi connectivity index (χ2v) is 4.45. The molecule has 0 aliphatic carbocycles. The number of nitrogens with one attached hydrogen (secondary N) is 1. The molecular weight excluding hydrogens is 274 g/mol. The van der Waals surface area contributed by atoms with Gasteiger partial charge in [-0.2, -0.15) is 0 Å². The number of esters is 1. The predicted molar refractivity (Wildman–Crippen MR) is 75.6 cm³/mol. The van der Waals surface area contributed by atoms with Crippen molar-refractivity contribution in [2.24, 2.45) is 0 Å². The van der Waals surface area contributed by atoms with Crippen LogP contribution in [-0.4, -0.2) is 35.6 Å². The van der Waals surface area contributed by atoms with Gasteiger partial charge in [-0.1, -0.05) is 30.3 Å². The average molecular weight is 293 g/mol. The molecule has 0 fully saturated rings. The third-order valence-electron chi connectivity index (χ3n) is 2.78. The van der Waals surface area contributed by atoms with Gasteiger partial charge in [-0.3, -0.25) is 9.59 Å². The molecule has 114 valence electrons. The van der Waals surface area contributed by atoms with Crippen LogP contribution in [0.5, 0.6) is 0 Å². The van der Waals surface area contributed by atoms with Crippen molar-refractivity contribution in [2.75, 3.05) is 6.61 Å². The molecule has 0 aliphatic rings. The van der Waals surface area contributed by atoms with E-state index in [1.54, 1.807) is 31.2 Å². The van der Waals surface area contributed by atoms with E-state index in [1.807, 2.05) is 6.07 Å². The molecule has 1 aromatic rings. The van der Waals surface area contributed by atoms with E-state index >= 15 is 0 Å². The summed E-state index contributed by atoms with van der Waals surface area (Å²) in [5, 5.41) is 11.6. The van der Waals surface area contributed by atoms with E-state index in [-0.39, 0.29) is 25.9 Å². The minimum absolute atomic E-state index is 0.0582. The zero-order chi connectivity index (χ0) is 15.7. The molecule has 1 amide bonds. The van der Waals surface area contributed by atoms with Crippen LogP contribution in [0, 0.1) is 0 Å². The van der Waals surface area contributed by atoms with Crippen molar-refractivity contribution in [3.63, 3.8) is 0 Å². The zero-order valence-corrected chi connectivity index (χ0v) is 11.9. The van der Waals surface area contributed by atoms with Gasteiger partial charge in [-0.05, 0) is 12.5 Å². The highest BCUT2D eigenvalue weighted by Crippen LogP contribution is 2.04. The minimum Gasteiger partial charge on any atom is -0.480 e. The van der Waals surface area contributed by atoms with Crippen molar-refractivity contribution in [2.45, 2.75) is 32.2 Å². The van der Waals surface area contributed by atoms with E-state index in [0.717, 1.165) is 5.56 Å². The van der Waals surface area contributed by atoms with Crippen LogP contribution >= 0.6 is 0 Å². The number of amides is 1. The molecule has 21 heavy (non-hydrogen) atoms. The topological polar surface area (TPSA) is 92.7 Å². The summed E-state index contributed by atoms with van der Waals surface area (Å²) in [6, 6.07) is 8.01. The van der Waals surface area contributed by atoms with Crippen molar-refractivity contribution >= 4 is 17.8 Å². The lowest BCUT2D eigenvalue weighted by atomic mass is 10.1. The lowest BCUT2D eigenvalue weighted by Crippen LogP contribution is -2.42. The Labute approximate surface area is 123 Å². The Morgan fingerprint density at radius 1 is 1.19 bits per heavy atom. The molecule has 0 saturated heterocycles. The maximum Gasteiger partial charge on any atom is 0.326 e. The first-order chi connectivity index (χ1) is 10.0. The van der Waals surface area contributed by atoms with Gasteiger partial charge in [0.25, 0.3) is 0 Å². The van der Waals surface area contributed by atoms with Crippen molar-refractivity contribution in [1.29, 1.82) is 0 Å². The van der Waals surface area contributed by atoms with Gasteiger partial charge in [-0.25, -0.2) is 4.79 Å². The van der Waals surface area contributed by atoms with Crippen LogP contribution in [0.4, 0.5) is 0 Å². The maximum absolute atomic E-state index is 11.7. The number of carbonyl (C=O) groups excluding carboxylic acids is 2. The molecule has 0 spiro atoms. The van der Waals surface area contributed by atoms with Crippen LogP contribution < -0.4 is 5.32 Å². The van der Waals surface area contributed by atoms with Crippen molar-refractivity contribution in [3.05, 3.63) is 35.9 Å². The first kappa shape index (κ1) is 16.7. The fraction of sp³-hybridized carbons (Fsp3) is 0.400. The summed E-state index contributed by atoms with van der Waals surface area (Å²) in [4.78, 5) is 34.0. The fourth-order valence-corrected chi connectivity index (χ4v) is 1.77. The quantitative estimate of drug-likeness (QED) is 0.701. The Morgan fingerprint density at radius 2 is 1.86 bits per heavy atom. The molecule has 6 heteroatoms. The lowest BCUT2D eigenvalue weighted by molar-refractivity contribution is -0.144. The van der Waals surface area contributed by atoms with Crippen LogP contribution in [0.15, 0.2) is 30.3 Å². The van der Waals surface area contributed by atoms with Crippen molar-refractivity contribution < 1.29 is 24.2 Å². The number of rotatable bonds is 8. The van der Waals surface area contributed by atoms with Gasteiger partial charge in [-0.15, -0.1) is 0 Å². The second kappa shape index (κ2) is 8.73. The highest BCUT2D eigenvalue weighted by molar-refractivity contribution is 5.85. The van der Waals surface area contributed by atoms with E-state index in [0.29, 0.717) is 0 Å². The van der Waals surface area contributed by atoms with Crippen LogP contribution in [0.25, 0.3) is 0 Å². The first-order valence-electron chi connectivity index (χ1n) is 6.74. The van der Waals surface area contributed by atoms with Crippen molar-refractivity contribution in [3.8, 4) is 0 Å². The molecule has 1 aromatic carbocycles. The second-order valence-electron chi connectivity index (χ2n) is 4.45. The van der Waals surface area contributed by atoms with Gasteiger partial charge in [0, 0.05) is 12.8 Å².